The number of aromatic amines is 1. The third-order valence-electron chi connectivity index (χ3n) is 3.06. The van der Waals surface area contributed by atoms with E-state index in [1.807, 2.05) is 0 Å². The molecule has 19 heavy (non-hydrogen) atoms. The second-order valence-corrected chi connectivity index (χ2v) is 4.63. The number of carbonyl (C=O) groups is 1. The van der Waals surface area contributed by atoms with E-state index in [0.29, 0.717) is 26.6 Å². The van der Waals surface area contributed by atoms with E-state index in [1.54, 1.807) is 24.3 Å². The van der Waals surface area contributed by atoms with E-state index in [9.17, 15) is 14.7 Å². The molecule has 0 atom stereocenters. The predicted octanol–water partition coefficient (Wildman–Crippen LogP) is 3.03. The lowest BCUT2D eigenvalue weighted by atomic mass is 9.98. The van der Waals surface area contributed by atoms with Crippen LogP contribution in [0.5, 0.6) is 0 Å². The molecule has 0 aliphatic heterocycles. The summed E-state index contributed by atoms with van der Waals surface area (Å²) < 4.78 is 0. The minimum absolute atomic E-state index is 0.135. The first-order valence-electron chi connectivity index (χ1n) is 5.55. The molecule has 4 nitrogen and oxygen atoms in total. The van der Waals surface area contributed by atoms with Gasteiger partial charge in [0.15, 0.2) is 0 Å². The fraction of sp³-hybridized carbons (Fsp3) is 0. The number of hydrogen-bond acceptors (Lipinski definition) is 2. The maximum atomic E-state index is 11.9. The van der Waals surface area contributed by atoms with Crippen LogP contribution in [-0.4, -0.2) is 16.1 Å². The molecule has 0 saturated carbocycles. The molecule has 3 rings (SSSR count). The molecule has 1 heterocycles. The van der Waals surface area contributed by atoms with Crippen LogP contribution in [0.25, 0.3) is 21.5 Å². The minimum Gasteiger partial charge on any atom is -0.478 e. The number of nitrogens with one attached hydrogen (secondary N) is 1. The zero-order valence-corrected chi connectivity index (χ0v) is 10.4. The molecule has 0 unspecified atom stereocenters. The van der Waals surface area contributed by atoms with Gasteiger partial charge in [-0.3, -0.25) is 4.79 Å². The van der Waals surface area contributed by atoms with Crippen molar-refractivity contribution in [3.05, 3.63) is 57.5 Å². The van der Waals surface area contributed by atoms with E-state index >= 15 is 0 Å². The number of rotatable bonds is 1. The Balaban J connectivity index is 2.66. The lowest BCUT2D eigenvalue weighted by Gasteiger charge is -2.07. The molecule has 0 saturated heterocycles. The van der Waals surface area contributed by atoms with Crippen molar-refractivity contribution in [1.82, 2.24) is 4.98 Å². The number of carboxylic acids is 1. The molecule has 0 amide bonds. The summed E-state index contributed by atoms with van der Waals surface area (Å²) >= 11 is 5.91. The molecule has 1 aromatic heterocycles. The minimum atomic E-state index is -1.05. The Morgan fingerprint density at radius 3 is 2.68 bits per heavy atom. The first kappa shape index (κ1) is 11.7. The topological polar surface area (TPSA) is 70.2 Å². The Labute approximate surface area is 112 Å². The van der Waals surface area contributed by atoms with Gasteiger partial charge in [-0.15, -0.1) is 0 Å². The third-order valence-corrected chi connectivity index (χ3v) is 3.30. The number of hydrogen-bond donors (Lipinski definition) is 2. The molecule has 0 radical (unpaired) electrons. The standard InChI is InChI=1S/C14H8ClNO3/c15-8-1-2-9-10(6-8)11(14(18)19)5-7-3-4-16-13(17)12(7)9/h1-6H,(H,16,17)(H,18,19). The highest BCUT2D eigenvalue weighted by molar-refractivity contribution is 6.32. The Morgan fingerprint density at radius 2 is 1.95 bits per heavy atom. The van der Waals surface area contributed by atoms with Crippen molar-refractivity contribution in [2.24, 2.45) is 0 Å². The maximum absolute atomic E-state index is 11.9. The molecule has 94 valence electrons. The molecule has 0 aliphatic carbocycles. The number of halogens is 1. The van der Waals surface area contributed by atoms with Crippen molar-refractivity contribution >= 4 is 39.1 Å². The van der Waals surface area contributed by atoms with Gasteiger partial charge < -0.3 is 10.1 Å². The molecule has 2 aromatic carbocycles. The first-order valence-corrected chi connectivity index (χ1v) is 5.92. The average molecular weight is 274 g/mol. The van der Waals surface area contributed by atoms with E-state index in [-0.39, 0.29) is 11.1 Å². The summed E-state index contributed by atoms with van der Waals surface area (Å²) in [6.07, 6.45) is 1.50. The summed E-state index contributed by atoms with van der Waals surface area (Å²) in [6, 6.07) is 8.04. The quantitative estimate of drug-likeness (QED) is 0.670. The number of aromatic nitrogens is 1. The van der Waals surface area contributed by atoms with E-state index in [4.69, 9.17) is 11.6 Å². The predicted molar refractivity (Wildman–Crippen MR) is 74.0 cm³/mol. The zero-order chi connectivity index (χ0) is 13.6. The van der Waals surface area contributed by atoms with Gasteiger partial charge >= 0.3 is 5.97 Å². The van der Waals surface area contributed by atoms with Crippen molar-refractivity contribution in [1.29, 1.82) is 0 Å². The summed E-state index contributed by atoms with van der Waals surface area (Å²) in [7, 11) is 0. The van der Waals surface area contributed by atoms with E-state index in [2.05, 4.69) is 4.98 Å². The normalized spacial score (nSPS) is 11.0. The van der Waals surface area contributed by atoms with Crippen LogP contribution in [0, 0.1) is 0 Å². The van der Waals surface area contributed by atoms with Gasteiger partial charge in [0, 0.05) is 11.2 Å². The first-order chi connectivity index (χ1) is 9.08. The molecule has 0 spiro atoms. The molecule has 0 aliphatic rings. The van der Waals surface area contributed by atoms with Gasteiger partial charge in [0.1, 0.15) is 0 Å². The SMILES string of the molecule is O=C(O)c1cc2cc[nH]c(=O)c2c2ccc(Cl)cc12. The van der Waals surface area contributed by atoms with Crippen LogP contribution in [-0.2, 0) is 0 Å². The fourth-order valence-electron chi connectivity index (χ4n) is 2.26. The molecule has 3 aromatic rings. The van der Waals surface area contributed by atoms with Crippen LogP contribution < -0.4 is 5.56 Å². The van der Waals surface area contributed by atoms with Crippen LogP contribution >= 0.6 is 11.6 Å². The van der Waals surface area contributed by atoms with Crippen molar-refractivity contribution in [3.63, 3.8) is 0 Å². The molecule has 5 heteroatoms. The van der Waals surface area contributed by atoms with Crippen LogP contribution in [0.4, 0.5) is 0 Å². The van der Waals surface area contributed by atoms with Crippen molar-refractivity contribution < 1.29 is 9.90 Å². The van der Waals surface area contributed by atoms with Crippen LogP contribution in [0.2, 0.25) is 5.02 Å². The average Bonchev–Trinajstić information content (AvgIpc) is 2.37. The second kappa shape index (κ2) is 4.10. The molecular formula is C14H8ClNO3. The molecule has 0 fully saturated rings. The van der Waals surface area contributed by atoms with Gasteiger partial charge in [0.25, 0.3) is 5.56 Å². The zero-order valence-electron chi connectivity index (χ0n) is 9.61. The van der Waals surface area contributed by atoms with Crippen LogP contribution in [0.15, 0.2) is 41.3 Å². The Kier molecular flexibility index (Phi) is 2.54. The molecule has 0 bridgehead atoms. The van der Waals surface area contributed by atoms with E-state index < -0.39 is 5.97 Å². The van der Waals surface area contributed by atoms with Crippen LogP contribution in [0.1, 0.15) is 10.4 Å². The van der Waals surface area contributed by atoms with Gasteiger partial charge in [0.05, 0.1) is 10.9 Å². The summed E-state index contributed by atoms with van der Waals surface area (Å²) in [4.78, 5) is 25.8. The van der Waals surface area contributed by atoms with E-state index in [0.717, 1.165) is 0 Å². The summed E-state index contributed by atoms with van der Waals surface area (Å²) in [5.41, 5.74) is -0.114. The van der Waals surface area contributed by atoms with Crippen molar-refractivity contribution in [2.45, 2.75) is 0 Å². The van der Waals surface area contributed by atoms with E-state index in [1.165, 1.54) is 12.3 Å². The summed E-state index contributed by atoms with van der Waals surface area (Å²) in [5.74, 6) is -1.05. The molecular weight excluding hydrogens is 266 g/mol. The van der Waals surface area contributed by atoms with Gasteiger partial charge in [-0.2, -0.15) is 0 Å². The van der Waals surface area contributed by atoms with Gasteiger partial charge in [-0.25, -0.2) is 4.79 Å². The van der Waals surface area contributed by atoms with Gasteiger partial charge in [-0.05, 0) is 40.4 Å². The number of pyridine rings is 1. The van der Waals surface area contributed by atoms with Crippen LogP contribution in [0.3, 0.4) is 0 Å². The maximum Gasteiger partial charge on any atom is 0.336 e. The fourth-order valence-corrected chi connectivity index (χ4v) is 2.43. The number of aromatic carboxylic acids is 1. The number of H-pyrrole nitrogens is 1. The van der Waals surface area contributed by atoms with Gasteiger partial charge in [0.2, 0.25) is 0 Å². The smallest absolute Gasteiger partial charge is 0.336 e. The number of fused-ring (bicyclic) bond motifs is 3. The number of benzene rings is 2. The lowest BCUT2D eigenvalue weighted by molar-refractivity contribution is 0.0699. The number of carboxylic acid groups (broad SMARTS) is 1. The highest BCUT2D eigenvalue weighted by Crippen LogP contribution is 2.28. The molecule has 2 N–H and O–H groups in total. The highest BCUT2D eigenvalue weighted by atomic mass is 35.5. The largest absolute Gasteiger partial charge is 0.478 e. The summed E-state index contributed by atoms with van der Waals surface area (Å²) in [6.45, 7) is 0. The Morgan fingerprint density at radius 1 is 1.16 bits per heavy atom. The van der Waals surface area contributed by atoms with Crippen molar-refractivity contribution in [2.75, 3.05) is 0 Å². The Hall–Kier alpha value is -2.33. The monoisotopic (exact) mass is 273 g/mol. The third kappa shape index (κ3) is 1.77. The summed E-state index contributed by atoms with van der Waals surface area (Å²) in [5, 5.41) is 11.8. The van der Waals surface area contributed by atoms with Crippen molar-refractivity contribution in [3.8, 4) is 0 Å². The Bertz CT molecular complexity index is 883. The second-order valence-electron chi connectivity index (χ2n) is 4.19. The highest BCUT2D eigenvalue weighted by Gasteiger charge is 2.14. The lowest BCUT2D eigenvalue weighted by Crippen LogP contribution is -2.07. The van der Waals surface area contributed by atoms with Gasteiger partial charge in [-0.1, -0.05) is 17.7 Å².